The van der Waals surface area contributed by atoms with Crippen molar-refractivity contribution >= 4 is 29.4 Å². The molecule has 2 aliphatic rings. The molecular weight excluding hydrogens is 454 g/mol. The molecule has 35 heavy (non-hydrogen) atoms. The molecule has 2 aromatic carbocycles. The lowest BCUT2D eigenvalue weighted by molar-refractivity contribution is -0.142. The smallest absolute Gasteiger partial charge is 0.326 e. The predicted molar refractivity (Wildman–Crippen MR) is 126 cm³/mol. The molecule has 0 unspecified atom stereocenters. The maximum absolute atomic E-state index is 12.8. The third-order valence-electron chi connectivity index (χ3n) is 6.42. The Hall–Kier alpha value is -4.08. The first-order valence-corrected chi connectivity index (χ1v) is 11.3. The van der Waals surface area contributed by atoms with Crippen molar-refractivity contribution in [2.75, 3.05) is 45.3 Å². The normalized spacial score (nSPS) is 16.2. The first kappa shape index (κ1) is 24.1. The van der Waals surface area contributed by atoms with Crippen LogP contribution < -0.4 is 14.4 Å². The number of imide groups is 1. The first-order valence-electron chi connectivity index (χ1n) is 11.3. The molecule has 1 saturated heterocycles. The van der Waals surface area contributed by atoms with Gasteiger partial charge in [-0.05, 0) is 30.7 Å². The van der Waals surface area contributed by atoms with Gasteiger partial charge in [0.2, 0.25) is 5.91 Å². The minimum Gasteiger partial charge on any atom is -0.493 e. The molecule has 4 rings (SSSR count). The Morgan fingerprint density at radius 1 is 0.914 bits per heavy atom. The van der Waals surface area contributed by atoms with Crippen molar-refractivity contribution in [3.05, 3.63) is 53.6 Å². The minimum absolute atomic E-state index is 0.0826. The number of carboxylic acids is 1. The number of rotatable bonds is 8. The van der Waals surface area contributed by atoms with Gasteiger partial charge in [-0.15, -0.1) is 0 Å². The van der Waals surface area contributed by atoms with Crippen molar-refractivity contribution < 1.29 is 33.8 Å². The fourth-order valence-electron chi connectivity index (χ4n) is 4.51. The lowest BCUT2D eigenvalue weighted by Gasteiger charge is -2.36. The molecule has 0 aliphatic carbocycles. The Labute approximate surface area is 202 Å². The van der Waals surface area contributed by atoms with E-state index in [1.165, 1.54) is 12.1 Å². The largest absolute Gasteiger partial charge is 0.493 e. The molecule has 0 spiro atoms. The van der Waals surface area contributed by atoms with E-state index in [2.05, 4.69) is 4.90 Å². The Bertz CT molecular complexity index is 1120. The molecule has 0 saturated carbocycles. The fourth-order valence-corrected chi connectivity index (χ4v) is 4.51. The number of carboxylic acid groups (broad SMARTS) is 1. The summed E-state index contributed by atoms with van der Waals surface area (Å²) in [4.78, 5) is 54.7. The van der Waals surface area contributed by atoms with Gasteiger partial charge in [-0.2, -0.15) is 0 Å². The number of nitrogens with zero attached hydrogens (tertiary/aromatic N) is 3. The first-order chi connectivity index (χ1) is 16.8. The second-order valence-corrected chi connectivity index (χ2v) is 8.33. The van der Waals surface area contributed by atoms with Crippen molar-refractivity contribution in [1.82, 2.24) is 9.80 Å². The second-order valence-electron chi connectivity index (χ2n) is 8.33. The van der Waals surface area contributed by atoms with Crippen LogP contribution in [0.5, 0.6) is 11.5 Å². The number of ether oxygens (including phenoxy) is 2. The van der Waals surface area contributed by atoms with E-state index in [1.54, 1.807) is 31.3 Å². The van der Waals surface area contributed by atoms with Gasteiger partial charge in [0.15, 0.2) is 11.5 Å². The number of methoxy groups -OCH3 is 2. The van der Waals surface area contributed by atoms with Gasteiger partial charge in [0.25, 0.3) is 11.8 Å². The fraction of sp³-hybridized carbons (Fsp3) is 0.360. The summed E-state index contributed by atoms with van der Waals surface area (Å²) in [7, 11) is 3.15. The third kappa shape index (κ3) is 4.64. The number of hydrogen-bond donors (Lipinski definition) is 1. The van der Waals surface area contributed by atoms with Gasteiger partial charge in [-0.25, -0.2) is 4.79 Å². The Morgan fingerprint density at radius 3 is 2.06 bits per heavy atom. The molecule has 2 aliphatic heterocycles. The van der Waals surface area contributed by atoms with Crippen molar-refractivity contribution in [3.8, 4) is 11.5 Å². The van der Waals surface area contributed by atoms with Crippen LogP contribution in [0.25, 0.3) is 0 Å². The zero-order chi connectivity index (χ0) is 25.1. The molecule has 2 heterocycles. The molecule has 0 aromatic heterocycles. The summed E-state index contributed by atoms with van der Waals surface area (Å²) < 4.78 is 10.6. The van der Waals surface area contributed by atoms with Gasteiger partial charge in [0.1, 0.15) is 6.04 Å². The van der Waals surface area contributed by atoms with E-state index in [9.17, 15) is 24.3 Å². The van der Waals surface area contributed by atoms with Gasteiger partial charge in [-0.3, -0.25) is 19.3 Å². The summed E-state index contributed by atoms with van der Waals surface area (Å²) in [6.45, 7) is 2.14. The average molecular weight is 482 g/mol. The van der Waals surface area contributed by atoms with Crippen LogP contribution in [0, 0.1) is 0 Å². The lowest BCUT2D eigenvalue weighted by Crippen LogP contribution is -2.49. The predicted octanol–water partition coefficient (Wildman–Crippen LogP) is 1.88. The summed E-state index contributed by atoms with van der Waals surface area (Å²) in [5, 5.41) is 9.72. The number of hydrogen-bond acceptors (Lipinski definition) is 7. The number of piperazine rings is 1. The molecule has 1 fully saturated rings. The molecule has 0 radical (unpaired) electrons. The molecule has 2 aromatic rings. The molecular formula is C25H27N3O7. The standard InChI is InChI=1S/C25H27N3O7/c1-34-20-9-7-16(15-21(20)35-2)26-11-13-27(14-12-26)22(29)10-8-19(25(32)33)28-23(30)17-5-3-4-6-18(17)24(28)31/h3-7,9,15,19H,8,10-14H2,1-2H3,(H,32,33)/t19-/m0/s1. The SMILES string of the molecule is COc1ccc(N2CCN(C(=O)CC[C@@H](C(=O)O)N3C(=O)c4ccccc4C3=O)CC2)cc1OC. The molecule has 1 N–H and O–H groups in total. The number of amides is 3. The van der Waals surface area contributed by atoms with E-state index < -0.39 is 23.8 Å². The zero-order valence-corrected chi connectivity index (χ0v) is 19.6. The molecule has 3 amide bonds. The van der Waals surface area contributed by atoms with Crippen molar-refractivity contribution in [2.24, 2.45) is 0 Å². The van der Waals surface area contributed by atoms with Crippen molar-refractivity contribution in [3.63, 3.8) is 0 Å². The van der Waals surface area contributed by atoms with Crippen LogP contribution in [-0.4, -0.2) is 85.0 Å². The van der Waals surface area contributed by atoms with E-state index >= 15 is 0 Å². The van der Waals surface area contributed by atoms with Crippen LogP contribution in [-0.2, 0) is 9.59 Å². The van der Waals surface area contributed by atoms with E-state index in [4.69, 9.17) is 9.47 Å². The quantitative estimate of drug-likeness (QED) is 0.568. The number of carbonyl (C=O) groups is 4. The van der Waals surface area contributed by atoms with E-state index in [1.807, 2.05) is 18.2 Å². The topological polar surface area (TPSA) is 117 Å². The molecule has 1 atom stereocenters. The number of aliphatic carboxylic acids is 1. The lowest BCUT2D eigenvalue weighted by atomic mass is 10.1. The maximum atomic E-state index is 12.8. The third-order valence-corrected chi connectivity index (χ3v) is 6.42. The molecule has 10 heteroatoms. The van der Waals surface area contributed by atoms with Crippen molar-refractivity contribution in [2.45, 2.75) is 18.9 Å². The van der Waals surface area contributed by atoms with E-state index in [0.717, 1.165) is 10.6 Å². The number of benzene rings is 2. The van der Waals surface area contributed by atoms with Gasteiger partial charge in [0, 0.05) is 44.4 Å². The molecule has 184 valence electrons. The summed E-state index contributed by atoms with van der Waals surface area (Å²) >= 11 is 0. The Morgan fingerprint density at radius 2 is 1.51 bits per heavy atom. The maximum Gasteiger partial charge on any atom is 0.326 e. The van der Waals surface area contributed by atoms with Crippen LogP contribution in [0.15, 0.2) is 42.5 Å². The van der Waals surface area contributed by atoms with E-state index in [0.29, 0.717) is 37.7 Å². The highest BCUT2D eigenvalue weighted by Crippen LogP contribution is 2.32. The Balaban J connectivity index is 1.35. The van der Waals surface area contributed by atoms with Gasteiger partial charge in [0.05, 0.1) is 25.3 Å². The Kier molecular flexibility index (Phi) is 6.90. The van der Waals surface area contributed by atoms with Crippen LogP contribution in [0.3, 0.4) is 0 Å². The average Bonchev–Trinajstić information content (AvgIpc) is 3.13. The number of fused-ring (bicyclic) bond motifs is 1. The van der Waals surface area contributed by atoms with Crippen molar-refractivity contribution in [1.29, 1.82) is 0 Å². The zero-order valence-electron chi connectivity index (χ0n) is 19.6. The van der Waals surface area contributed by atoms with E-state index in [-0.39, 0.29) is 29.9 Å². The minimum atomic E-state index is -1.40. The highest BCUT2D eigenvalue weighted by Gasteiger charge is 2.42. The van der Waals surface area contributed by atoms with Gasteiger partial charge >= 0.3 is 5.97 Å². The summed E-state index contributed by atoms with van der Waals surface area (Å²) in [5.74, 6) is -1.55. The highest BCUT2D eigenvalue weighted by atomic mass is 16.5. The summed E-state index contributed by atoms with van der Waals surface area (Å²) in [5.41, 5.74) is 1.31. The van der Waals surface area contributed by atoms with Gasteiger partial charge < -0.3 is 24.4 Å². The number of anilines is 1. The van der Waals surface area contributed by atoms with Gasteiger partial charge in [-0.1, -0.05) is 12.1 Å². The molecule has 10 nitrogen and oxygen atoms in total. The van der Waals surface area contributed by atoms with Crippen LogP contribution in [0.2, 0.25) is 0 Å². The highest BCUT2D eigenvalue weighted by molar-refractivity contribution is 6.22. The summed E-state index contributed by atoms with van der Waals surface area (Å²) in [6.07, 6.45) is -0.226. The number of carbonyl (C=O) groups excluding carboxylic acids is 3. The van der Waals surface area contributed by atoms with Crippen LogP contribution in [0.4, 0.5) is 5.69 Å². The molecule has 0 bridgehead atoms. The monoisotopic (exact) mass is 481 g/mol. The second kappa shape index (κ2) is 10.0. The van der Waals surface area contributed by atoms with Crippen LogP contribution in [0.1, 0.15) is 33.6 Å². The van der Waals surface area contributed by atoms with Crippen LogP contribution >= 0.6 is 0 Å². The summed E-state index contributed by atoms with van der Waals surface area (Å²) in [6, 6.07) is 10.5.